The van der Waals surface area contributed by atoms with Gasteiger partial charge in [-0.1, -0.05) is 12.7 Å². The van der Waals surface area contributed by atoms with Crippen molar-refractivity contribution in [2.24, 2.45) is 5.92 Å². The quantitative estimate of drug-likeness (QED) is 0.690. The number of carboxylic acid groups (broad SMARTS) is 1. The molecule has 0 spiro atoms. The molecule has 2 bridgehead atoms. The summed E-state index contributed by atoms with van der Waals surface area (Å²) in [5.74, 6) is -1.22. The number of ether oxygens (including phenoxy) is 1. The van der Waals surface area contributed by atoms with E-state index in [1.807, 2.05) is 0 Å². The molecular formula is C11H15NO5. The fraction of sp³-hybridized carbons (Fsp3) is 0.636. The van der Waals surface area contributed by atoms with Gasteiger partial charge in [0.25, 0.3) is 0 Å². The highest BCUT2D eigenvalue weighted by Crippen LogP contribution is 2.42. The van der Waals surface area contributed by atoms with E-state index in [0.29, 0.717) is 12.8 Å². The lowest BCUT2D eigenvalue weighted by Gasteiger charge is -2.34. The van der Waals surface area contributed by atoms with Crippen LogP contribution in [-0.2, 0) is 9.53 Å². The minimum absolute atomic E-state index is 0.0369. The number of piperidine rings is 1. The number of aliphatic carboxylic acids is 1. The van der Waals surface area contributed by atoms with Crippen molar-refractivity contribution in [3.05, 3.63) is 12.7 Å². The van der Waals surface area contributed by atoms with Gasteiger partial charge in [-0.05, 0) is 18.8 Å². The van der Waals surface area contributed by atoms with Crippen molar-refractivity contribution in [1.29, 1.82) is 0 Å². The molecular weight excluding hydrogens is 226 g/mol. The minimum atomic E-state index is -1.04. The number of hydrogen-bond donors (Lipinski definition) is 2. The number of nitrogens with zero attached hydrogens (tertiary/aromatic N) is 1. The minimum Gasteiger partial charge on any atom is -0.480 e. The fourth-order valence-electron chi connectivity index (χ4n) is 2.80. The molecule has 2 fully saturated rings. The van der Waals surface area contributed by atoms with Crippen molar-refractivity contribution >= 4 is 12.1 Å². The van der Waals surface area contributed by atoms with Gasteiger partial charge in [-0.25, -0.2) is 9.59 Å². The van der Waals surface area contributed by atoms with Gasteiger partial charge in [0, 0.05) is 0 Å². The first-order valence-electron chi connectivity index (χ1n) is 5.53. The van der Waals surface area contributed by atoms with Crippen molar-refractivity contribution in [2.75, 3.05) is 6.61 Å². The van der Waals surface area contributed by atoms with E-state index in [9.17, 15) is 14.7 Å². The van der Waals surface area contributed by atoms with E-state index in [4.69, 9.17) is 9.84 Å². The van der Waals surface area contributed by atoms with E-state index < -0.39 is 30.3 Å². The van der Waals surface area contributed by atoms with Crippen LogP contribution in [0.15, 0.2) is 12.7 Å². The molecule has 17 heavy (non-hydrogen) atoms. The van der Waals surface area contributed by atoms with Gasteiger partial charge >= 0.3 is 12.1 Å². The third kappa shape index (κ3) is 1.88. The lowest BCUT2D eigenvalue weighted by atomic mass is 9.98. The van der Waals surface area contributed by atoms with Crippen LogP contribution in [0.1, 0.15) is 12.8 Å². The van der Waals surface area contributed by atoms with Gasteiger partial charge in [0.1, 0.15) is 12.6 Å². The average Bonchev–Trinajstić information content (AvgIpc) is 2.81. The molecule has 0 radical (unpaired) electrons. The smallest absolute Gasteiger partial charge is 0.411 e. The normalized spacial score (nSPS) is 34.8. The molecule has 0 aromatic heterocycles. The van der Waals surface area contributed by atoms with Crippen molar-refractivity contribution in [3.8, 4) is 0 Å². The molecule has 2 rings (SSSR count). The lowest BCUT2D eigenvalue weighted by molar-refractivity contribution is -0.145. The van der Waals surface area contributed by atoms with E-state index in [2.05, 4.69) is 6.58 Å². The zero-order chi connectivity index (χ0) is 12.6. The van der Waals surface area contributed by atoms with Crippen LogP contribution >= 0.6 is 0 Å². The summed E-state index contributed by atoms with van der Waals surface area (Å²) in [6.45, 7) is 3.45. The Morgan fingerprint density at radius 1 is 1.47 bits per heavy atom. The molecule has 1 aliphatic heterocycles. The Kier molecular flexibility index (Phi) is 3.06. The van der Waals surface area contributed by atoms with Crippen LogP contribution in [0.5, 0.6) is 0 Å². The van der Waals surface area contributed by atoms with E-state index >= 15 is 0 Å². The van der Waals surface area contributed by atoms with Crippen LogP contribution in [0.3, 0.4) is 0 Å². The largest absolute Gasteiger partial charge is 0.480 e. The Balaban J connectivity index is 2.14. The zero-order valence-corrected chi connectivity index (χ0v) is 9.28. The van der Waals surface area contributed by atoms with Gasteiger partial charge in [0.05, 0.1) is 12.1 Å². The number of carbonyl (C=O) groups excluding carboxylic acids is 1. The highest BCUT2D eigenvalue weighted by Gasteiger charge is 2.56. The third-order valence-corrected chi connectivity index (χ3v) is 3.42. The molecule has 4 atom stereocenters. The van der Waals surface area contributed by atoms with Gasteiger partial charge in [-0.3, -0.25) is 4.90 Å². The van der Waals surface area contributed by atoms with Crippen molar-refractivity contribution < 1.29 is 24.5 Å². The fourth-order valence-corrected chi connectivity index (χ4v) is 2.80. The van der Waals surface area contributed by atoms with Crippen LogP contribution in [0.25, 0.3) is 0 Å². The standard InChI is InChI=1S/C11H15NO5/c1-2-3-17-11(16)12-7-4-6(5-8(7)13)9(12)10(14)15/h2,6-9,13H,1,3-5H2,(H,14,15)/t6-,7+,8+,9+/m0/s1. The molecule has 0 aromatic carbocycles. The molecule has 1 heterocycles. The summed E-state index contributed by atoms with van der Waals surface area (Å²) < 4.78 is 4.85. The van der Waals surface area contributed by atoms with Crippen LogP contribution in [0.2, 0.25) is 0 Å². The SMILES string of the molecule is C=CCOC(=O)N1[C@@H]2C[C@@H](C[C@H]2O)[C@@H]1C(=O)O. The first-order chi connectivity index (χ1) is 8.06. The van der Waals surface area contributed by atoms with E-state index in [1.54, 1.807) is 0 Å². The second-order valence-electron chi connectivity index (χ2n) is 4.42. The summed E-state index contributed by atoms with van der Waals surface area (Å²) in [6, 6.07) is -1.31. The summed E-state index contributed by atoms with van der Waals surface area (Å²) in [4.78, 5) is 24.0. The van der Waals surface area contributed by atoms with Crippen molar-refractivity contribution in [2.45, 2.75) is 31.0 Å². The number of likely N-dealkylation sites (tertiary alicyclic amines) is 1. The van der Waals surface area contributed by atoms with Crippen molar-refractivity contribution in [1.82, 2.24) is 4.90 Å². The predicted molar refractivity (Wildman–Crippen MR) is 57.3 cm³/mol. The van der Waals surface area contributed by atoms with E-state index in [1.165, 1.54) is 6.08 Å². The maximum absolute atomic E-state index is 11.7. The second kappa shape index (κ2) is 4.37. The number of carboxylic acids is 1. The van der Waals surface area contributed by atoms with Crippen LogP contribution < -0.4 is 0 Å². The Bertz CT molecular complexity index is 356. The summed E-state index contributed by atoms with van der Waals surface area (Å²) in [6.07, 6.45) is 1.04. The highest BCUT2D eigenvalue weighted by atomic mass is 16.6. The number of rotatable bonds is 3. The number of hydrogen-bond acceptors (Lipinski definition) is 4. The molecule has 6 nitrogen and oxygen atoms in total. The maximum atomic E-state index is 11.7. The zero-order valence-electron chi connectivity index (χ0n) is 9.28. The second-order valence-corrected chi connectivity index (χ2v) is 4.42. The Labute approximate surface area is 98.5 Å². The van der Waals surface area contributed by atoms with Crippen LogP contribution in [0, 0.1) is 5.92 Å². The summed E-state index contributed by atoms with van der Waals surface area (Å²) in [5, 5.41) is 18.8. The lowest BCUT2D eigenvalue weighted by Crippen LogP contribution is -2.53. The third-order valence-electron chi connectivity index (χ3n) is 3.42. The molecule has 1 amide bonds. The molecule has 0 unspecified atom stereocenters. The first kappa shape index (κ1) is 11.9. The molecule has 2 N–H and O–H groups in total. The molecule has 94 valence electrons. The monoisotopic (exact) mass is 241 g/mol. The van der Waals surface area contributed by atoms with E-state index in [-0.39, 0.29) is 12.5 Å². The summed E-state index contributed by atoms with van der Waals surface area (Å²) in [5.41, 5.74) is 0. The molecule has 0 aromatic rings. The van der Waals surface area contributed by atoms with Crippen LogP contribution in [-0.4, -0.2) is 52.0 Å². The average molecular weight is 241 g/mol. The summed E-state index contributed by atoms with van der Waals surface area (Å²) in [7, 11) is 0. The molecule has 1 saturated heterocycles. The number of carbonyl (C=O) groups is 2. The Morgan fingerprint density at radius 3 is 2.76 bits per heavy atom. The first-order valence-corrected chi connectivity index (χ1v) is 5.53. The summed E-state index contributed by atoms with van der Waals surface area (Å²) >= 11 is 0. The number of amides is 1. The number of fused-ring (bicyclic) bond motifs is 2. The Hall–Kier alpha value is -1.56. The van der Waals surface area contributed by atoms with Gasteiger partial charge in [-0.15, -0.1) is 0 Å². The van der Waals surface area contributed by atoms with Gasteiger partial charge in [0.2, 0.25) is 0 Å². The van der Waals surface area contributed by atoms with Gasteiger partial charge < -0.3 is 14.9 Å². The highest BCUT2D eigenvalue weighted by molar-refractivity contribution is 5.82. The van der Waals surface area contributed by atoms with Gasteiger partial charge in [-0.2, -0.15) is 0 Å². The Morgan fingerprint density at radius 2 is 2.18 bits per heavy atom. The molecule has 6 heteroatoms. The maximum Gasteiger partial charge on any atom is 0.411 e. The van der Waals surface area contributed by atoms with Gasteiger partial charge in [0.15, 0.2) is 0 Å². The number of aliphatic hydroxyl groups excluding tert-OH is 1. The number of aliphatic hydroxyl groups is 1. The topological polar surface area (TPSA) is 87.1 Å². The van der Waals surface area contributed by atoms with Crippen LogP contribution in [0.4, 0.5) is 4.79 Å². The molecule has 1 saturated carbocycles. The van der Waals surface area contributed by atoms with Crippen molar-refractivity contribution in [3.63, 3.8) is 0 Å². The predicted octanol–water partition coefficient (Wildman–Crippen LogP) is 0.217. The van der Waals surface area contributed by atoms with E-state index in [0.717, 1.165) is 4.90 Å². The molecule has 1 aliphatic carbocycles. The molecule has 2 aliphatic rings.